The minimum absolute atomic E-state index is 0.127. The number of rotatable bonds is 6. The lowest BCUT2D eigenvalue weighted by molar-refractivity contribution is -0.121. The second-order valence-electron chi connectivity index (χ2n) is 6.10. The van der Waals surface area contributed by atoms with Crippen LogP contribution in [0, 0.1) is 0 Å². The molecule has 2 aliphatic rings. The van der Waals surface area contributed by atoms with Gasteiger partial charge in [0.05, 0.1) is 11.7 Å². The van der Waals surface area contributed by atoms with Crippen LogP contribution in [-0.4, -0.2) is 57.6 Å². The molecule has 2 heterocycles. The van der Waals surface area contributed by atoms with Gasteiger partial charge in [0.2, 0.25) is 5.91 Å². The van der Waals surface area contributed by atoms with E-state index in [1.165, 1.54) is 0 Å². The summed E-state index contributed by atoms with van der Waals surface area (Å²) in [6, 6.07) is 5.87. The van der Waals surface area contributed by atoms with E-state index in [0.29, 0.717) is 25.5 Å². The van der Waals surface area contributed by atoms with Crippen LogP contribution >= 0.6 is 0 Å². The Bertz CT molecular complexity index is 607. The first kappa shape index (κ1) is 16.6. The third kappa shape index (κ3) is 3.46. The van der Waals surface area contributed by atoms with Gasteiger partial charge in [-0.2, -0.15) is 0 Å². The van der Waals surface area contributed by atoms with Gasteiger partial charge < -0.3 is 30.4 Å². The number of likely N-dealkylation sites (N-methyl/N-ethyl adjacent to an activating group) is 1. The molecule has 0 saturated carbocycles. The number of carbonyl (C=O) groups excluding carboxylic acids is 2. The van der Waals surface area contributed by atoms with Crippen molar-refractivity contribution < 1.29 is 14.3 Å². The van der Waals surface area contributed by atoms with Crippen LogP contribution in [0.4, 0.5) is 11.4 Å². The first-order valence-corrected chi connectivity index (χ1v) is 8.39. The fourth-order valence-corrected chi connectivity index (χ4v) is 3.25. The third-order valence-corrected chi connectivity index (χ3v) is 4.53. The van der Waals surface area contributed by atoms with E-state index in [1.54, 1.807) is 7.05 Å². The molecule has 0 aliphatic carbocycles. The molecule has 1 aromatic carbocycles. The Balaban J connectivity index is 1.75. The Morgan fingerprint density at radius 2 is 2.42 bits per heavy atom. The minimum atomic E-state index is -0.436. The monoisotopic (exact) mass is 332 g/mol. The van der Waals surface area contributed by atoms with Gasteiger partial charge in [-0.3, -0.25) is 4.79 Å². The molecule has 2 atom stereocenters. The molecule has 3 N–H and O–H groups in total. The first-order chi connectivity index (χ1) is 11.7. The predicted octanol–water partition coefficient (Wildman–Crippen LogP) is 0.363. The normalized spacial score (nSPS) is 20.2. The second kappa shape index (κ2) is 7.53. The molecule has 1 amide bonds. The Labute approximate surface area is 141 Å². The fraction of sp³-hybridized carbons (Fsp3) is 0.529. The van der Waals surface area contributed by atoms with Crippen LogP contribution in [0.25, 0.3) is 0 Å². The molecule has 1 aromatic rings. The zero-order chi connectivity index (χ0) is 16.9. The van der Waals surface area contributed by atoms with Gasteiger partial charge in [-0.15, -0.1) is 0 Å². The molecule has 1 saturated heterocycles. The summed E-state index contributed by atoms with van der Waals surface area (Å²) < 4.78 is 5.90. The second-order valence-corrected chi connectivity index (χ2v) is 6.10. The number of amides is 1. The average Bonchev–Trinajstić information content (AvgIpc) is 2.64. The molecular formula is C17H24N4O3. The van der Waals surface area contributed by atoms with Gasteiger partial charge in [0.1, 0.15) is 24.7 Å². The van der Waals surface area contributed by atoms with Crippen molar-refractivity contribution in [1.29, 1.82) is 0 Å². The van der Waals surface area contributed by atoms with Crippen molar-refractivity contribution in [2.75, 3.05) is 43.5 Å². The zero-order valence-corrected chi connectivity index (χ0v) is 13.9. The summed E-state index contributed by atoms with van der Waals surface area (Å²) in [4.78, 5) is 24.9. The van der Waals surface area contributed by atoms with Gasteiger partial charge in [0, 0.05) is 44.9 Å². The van der Waals surface area contributed by atoms with Crippen molar-refractivity contribution in [2.24, 2.45) is 0 Å². The van der Waals surface area contributed by atoms with Crippen molar-refractivity contribution in [3.05, 3.63) is 18.2 Å². The minimum Gasteiger partial charge on any atom is -0.489 e. The highest BCUT2D eigenvalue weighted by Gasteiger charge is 2.29. The van der Waals surface area contributed by atoms with Gasteiger partial charge >= 0.3 is 0 Å². The summed E-state index contributed by atoms with van der Waals surface area (Å²) in [5, 5.41) is 9.22. The molecule has 2 unspecified atom stereocenters. The van der Waals surface area contributed by atoms with Gasteiger partial charge in [0.25, 0.3) is 0 Å². The molecule has 0 radical (unpaired) electrons. The maximum atomic E-state index is 12.0. The van der Waals surface area contributed by atoms with Crippen molar-refractivity contribution in [2.45, 2.75) is 24.9 Å². The van der Waals surface area contributed by atoms with Crippen molar-refractivity contribution in [1.82, 2.24) is 10.6 Å². The summed E-state index contributed by atoms with van der Waals surface area (Å²) in [6.07, 6.45) is 1.63. The van der Waals surface area contributed by atoms with E-state index in [9.17, 15) is 9.59 Å². The van der Waals surface area contributed by atoms with Crippen molar-refractivity contribution in [3.63, 3.8) is 0 Å². The lowest BCUT2D eigenvalue weighted by Gasteiger charge is -2.42. The van der Waals surface area contributed by atoms with Gasteiger partial charge in [0.15, 0.2) is 0 Å². The van der Waals surface area contributed by atoms with E-state index in [2.05, 4.69) is 20.9 Å². The molecule has 3 rings (SSSR count). The molecule has 24 heavy (non-hydrogen) atoms. The van der Waals surface area contributed by atoms with Crippen LogP contribution in [0.2, 0.25) is 0 Å². The van der Waals surface area contributed by atoms with E-state index in [4.69, 9.17) is 4.74 Å². The molecule has 0 aromatic heterocycles. The number of piperazine rings is 1. The summed E-state index contributed by atoms with van der Waals surface area (Å²) in [6.45, 7) is 3.53. The van der Waals surface area contributed by atoms with Crippen LogP contribution in [0.3, 0.4) is 0 Å². The maximum absolute atomic E-state index is 12.0. The fourth-order valence-electron chi connectivity index (χ4n) is 3.25. The third-order valence-electron chi connectivity index (χ3n) is 4.53. The molecule has 7 nitrogen and oxygen atoms in total. The Morgan fingerprint density at radius 3 is 3.21 bits per heavy atom. The zero-order valence-electron chi connectivity index (χ0n) is 13.9. The lowest BCUT2D eigenvalue weighted by atomic mass is 10.1. The van der Waals surface area contributed by atoms with Gasteiger partial charge in [-0.05, 0) is 18.6 Å². The first-order valence-electron chi connectivity index (χ1n) is 8.39. The number of nitrogens with one attached hydrogen (secondary N) is 3. The topological polar surface area (TPSA) is 82.7 Å². The molecule has 0 spiro atoms. The number of aldehydes is 1. The number of anilines is 2. The Hall–Kier alpha value is -2.28. The lowest BCUT2D eigenvalue weighted by Crippen LogP contribution is -2.55. The van der Waals surface area contributed by atoms with E-state index in [0.717, 1.165) is 43.0 Å². The maximum Gasteiger partial charge on any atom is 0.242 e. The summed E-state index contributed by atoms with van der Waals surface area (Å²) >= 11 is 0. The molecule has 130 valence electrons. The number of carbonyl (C=O) groups is 2. The smallest absolute Gasteiger partial charge is 0.242 e. The van der Waals surface area contributed by atoms with Crippen molar-refractivity contribution >= 4 is 23.6 Å². The Morgan fingerprint density at radius 1 is 1.54 bits per heavy atom. The number of nitrogens with zero attached hydrogens (tertiary/aromatic N) is 1. The number of ether oxygens (including phenoxy) is 1. The quantitative estimate of drug-likeness (QED) is 0.653. The highest BCUT2D eigenvalue weighted by atomic mass is 16.5. The van der Waals surface area contributed by atoms with Crippen LogP contribution < -0.4 is 25.6 Å². The van der Waals surface area contributed by atoms with Crippen LogP contribution in [0.15, 0.2) is 18.2 Å². The van der Waals surface area contributed by atoms with Crippen LogP contribution in [0.1, 0.15) is 12.8 Å². The molecule has 7 heteroatoms. The average molecular weight is 332 g/mol. The molecule has 0 bridgehead atoms. The van der Waals surface area contributed by atoms with E-state index >= 15 is 0 Å². The van der Waals surface area contributed by atoms with Crippen LogP contribution in [0.5, 0.6) is 5.75 Å². The number of benzene rings is 1. The molecular weight excluding hydrogens is 308 g/mol. The van der Waals surface area contributed by atoms with E-state index < -0.39 is 6.04 Å². The standard InChI is InChI=1S/C17H24N4O3/c1-18-17(23)14(3-2-8-22)20-12-4-5-15-16(9-12)24-11-13-10-19-6-7-21(13)15/h4-5,8-9,13-14,19-20H,2-3,6-7,10-11H2,1H3,(H,18,23). The number of fused-ring (bicyclic) bond motifs is 3. The van der Waals surface area contributed by atoms with E-state index in [-0.39, 0.29) is 5.91 Å². The molecule has 2 aliphatic heterocycles. The van der Waals surface area contributed by atoms with E-state index in [1.807, 2.05) is 18.2 Å². The number of hydrogen-bond acceptors (Lipinski definition) is 6. The summed E-state index contributed by atoms with van der Waals surface area (Å²) in [5.74, 6) is 0.710. The highest BCUT2D eigenvalue weighted by molar-refractivity contribution is 5.85. The van der Waals surface area contributed by atoms with Gasteiger partial charge in [-0.1, -0.05) is 0 Å². The largest absolute Gasteiger partial charge is 0.489 e. The highest BCUT2D eigenvalue weighted by Crippen LogP contribution is 2.36. The molecule has 1 fully saturated rings. The predicted molar refractivity (Wildman–Crippen MR) is 92.7 cm³/mol. The Kier molecular flexibility index (Phi) is 5.20. The SMILES string of the molecule is CNC(=O)C(CCC=O)Nc1ccc2c(c1)OCC1CNCCN21. The van der Waals surface area contributed by atoms with Crippen LogP contribution in [-0.2, 0) is 9.59 Å². The number of hydrogen-bond donors (Lipinski definition) is 3. The summed E-state index contributed by atoms with van der Waals surface area (Å²) in [5.41, 5.74) is 1.92. The van der Waals surface area contributed by atoms with Gasteiger partial charge in [-0.25, -0.2) is 0 Å². The summed E-state index contributed by atoms with van der Waals surface area (Å²) in [7, 11) is 1.60. The van der Waals surface area contributed by atoms with Crippen molar-refractivity contribution in [3.8, 4) is 5.75 Å².